The van der Waals surface area contributed by atoms with Gasteiger partial charge in [-0.1, -0.05) is 49.4 Å². The maximum atomic E-state index is 12.3. The molecule has 0 radical (unpaired) electrons. The van der Waals surface area contributed by atoms with Crippen molar-refractivity contribution in [3.63, 3.8) is 0 Å². The van der Waals surface area contributed by atoms with Crippen molar-refractivity contribution in [3.8, 4) is 10.6 Å². The molecule has 0 aliphatic rings. The van der Waals surface area contributed by atoms with Gasteiger partial charge >= 0.3 is 0 Å². The fourth-order valence-corrected chi connectivity index (χ4v) is 4.08. The van der Waals surface area contributed by atoms with Gasteiger partial charge in [0.15, 0.2) is 0 Å². The summed E-state index contributed by atoms with van der Waals surface area (Å²) < 4.78 is 27.3. The molecule has 6 heteroatoms. The predicted octanol–water partition coefficient (Wildman–Crippen LogP) is 3.85. The Hall–Kier alpha value is -2.02. The van der Waals surface area contributed by atoms with E-state index < -0.39 is 10.0 Å². The Balaban J connectivity index is 1.69. The first-order valence-electron chi connectivity index (χ1n) is 7.67. The lowest BCUT2D eigenvalue weighted by Gasteiger charge is -2.06. The average molecular weight is 358 g/mol. The first-order chi connectivity index (χ1) is 11.6. The van der Waals surface area contributed by atoms with Crippen LogP contribution in [-0.2, 0) is 23.0 Å². The van der Waals surface area contributed by atoms with Gasteiger partial charge in [0.1, 0.15) is 5.01 Å². The third-order valence-corrected chi connectivity index (χ3v) is 6.02. The van der Waals surface area contributed by atoms with Crippen molar-refractivity contribution in [2.45, 2.75) is 24.8 Å². The average Bonchev–Trinajstić information content (AvgIpc) is 3.10. The van der Waals surface area contributed by atoms with Crippen molar-refractivity contribution in [2.75, 3.05) is 0 Å². The van der Waals surface area contributed by atoms with E-state index in [4.69, 9.17) is 0 Å². The highest BCUT2D eigenvalue weighted by molar-refractivity contribution is 7.89. The maximum Gasteiger partial charge on any atom is 0.240 e. The molecule has 0 aliphatic carbocycles. The molecule has 1 aromatic heterocycles. The minimum atomic E-state index is -3.52. The summed E-state index contributed by atoms with van der Waals surface area (Å²) in [5, 5.41) is 2.77. The molecule has 0 saturated carbocycles. The smallest absolute Gasteiger partial charge is 0.240 e. The summed E-state index contributed by atoms with van der Waals surface area (Å²) in [6, 6.07) is 16.8. The van der Waals surface area contributed by atoms with Crippen LogP contribution in [0.25, 0.3) is 10.6 Å². The van der Waals surface area contributed by atoms with Gasteiger partial charge in [-0.15, -0.1) is 11.3 Å². The summed E-state index contributed by atoms with van der Waals surface area (Å²) in [6.07, 6.45) is 0.884. The number of rotatable bonds is 6. The molecule has 24 heavy (non-hydrogen) atoms. The number of hydrogen-bond donors (Lipinski definition) is 1. The third-order valence-electron chi connectivity index (χ3n) is 3.66. The lowest BCUT2D eigenvalue weighted by atomic mass is 10.2. The van der Waals surface area contributed by atoms with Crippen LogP contribution in [0.2, 0.25) is 0 Å². The summed E-state index contributed by atoms with van der Waals surface area (Å²) in [4.78, 5) is 4.77. The second-order valence-electron chi connectivity index (χ2n) is 5.33. The molecule has 0 spiro atoms. The van der Waals surface area contributed by atoms with Gasteiger partial charge in [0.25, 0.3) is 0 Å². The number of hydrogen-bond acceptors (Lipinski definition) is 4. The number of aromatic nitrogens is 1. The minimum Gasteiger partial charge on any atom is -0.240 e. The van der Waals surface area contributed by atoms with Gasteiger partial charge in [-0.3, -0.25) is 0 Å². The van der Waals surface area contributed by atoms with Gasteiger partial charge < -0.3 is 0 Å². The van der Waals surface area contributed by atoms with Gasteiger partial charge in [-0.25, -0.2) is 18.1 Å². The molecule has 1 heterocycles. The Labute approximate surface area is 146 Å². The highest BCUT2D eigenvalue weighted by Crippen LogP contribution is 2.23. The first-order valence-corrected chi connectivity index (χ1v) is 10.0. The second-order valence-corrected chi connectivity index (χ2v) is 7.96. The number of aryl methyl sites for hydroxylation is 1. The molecule has 3 aromatic rings. The molecular weight excluding hydrogens is 340 g/mol. The molecule has 2 aromatic carbocycles. The van der Waals surface area contributed by atoms with Crippen molar-refractivity contribution in [2.24, 2.45) is 0 Å². The van der Waals surface area contributed by atoms with Crippen molar-refractivity contribution in [1.29, 1.82) is 0 Å². The summed E-state index contributed by atoms with van der Waals surface area (Å²) in [6.45, 7) is 2.22. The fourth-order valence-electron chi connectivity index (χ4n) is 2.26. The van der Waals surface area contributed by atoms with E-state index in [1.165, 1.54) is 11.3 Å². The zero-order valence-corrected chi connectivity index (χ0v) is 14.9. The van der Waals surface area contributed by atoms with Gasteiger partial charge in [0.2, 0.25) is 10.0 Å². The van der Waals surface area contributed by atoms with Gasteiger partial charge in [0.05, 0.1) is 17.1 Å². The standard InChI is InChI=1S/C18H18N2O2S2/c1-2-14-8-10-17(11-9-14)24(21,22)19-12-16-13-23-18(20-16)15-6-4-3-5-7-15/h3-11,13,19H,2,12H2,1H3. The molecule has 0 fully saturated rings. The summed E-state index contributed by atoms with van der Waals surface area (Å²) in [5.74, 6) is 0. The van der Waals surface area contributed by atoms with E-state index in [2.05, 4.69) is 9.71 Å². The normalized spacial score (nSPS) is 11.5. The van der Waals surface area contributed by atoms with Crippen molar-refractivity contribution in [3.05, 3.63) is 71.2 Å². The number of sulfonamides is 1. The van der Waals surface area contributed by atoms with Crippen molar-refractivity contribution in [1.82, 2.24) is 9.71 Å². The Morgan fingerprint density at radius 3 is 2.42 bits per heavy atom. The first kappa shape index (κ1) is 16.8. The summed E-state index contributed by atoms with van der Waals surface area (Å²) in [7, 11) is -3.52. The van der Waals surface area contributed by atoms with E-state index >= 15 is 0 Å². The van der Waals surface area contributed by atoms with Crippen LogP contribution in [0, 0.1) is 0 Å². The van der Waals surface area contributed by atoms with E-state index in [9.17, 15) is 8.42 Å². The van der Waals surface area contributed by atoms with E-state index in [0.717, 1.165) is 22.6 Å². The zero-order chi connectivity index (χ0) is 17.0. The molecule has 0 aliphatic heterocycles. The van der Waals surface area contributed by atoms with Crippen molar-refractivity contribution < 1.29 is 8.42 Å². The summed E-state index contributed by atoms with van der Waals surface area (Å²) >= 11 is 1.51. The maximum absolute atomic E-state index is 12.3. The lowest BCUT2D eigenvalue weighted by Crippen LogP contribution is -2.23. The zero-order valence-electron chi connectivity index (χ0n) is 13.3. The summed E-state index contributed by atoms with van der Waals surface area (Å²) in [5.41, 5.74) is 2.86. The number of thiazole rings is 1. The molecule has 0 unspecified atom stereocenters. The van der Waals surface area contributed by atoms with Crippen LogP contribution in [-0.4, -0.2) is 13.4 Å². The van der Waals surface area contributed by atoms with E-state index in [1.807, 2.05) is 54.8 Å². The van der Waals surface area contributed by atoms with Crippen LogP contribution in [0.1, 0.15) is 18.2 Å². The molecule has 0 saturated heterocycles. The lowest BCUT2D eigenvalue weighted by molar-refractivity contribution is 0.580. The largest absolute Gasteiger partial charge is 0.240 e. The Bertz CT molecular complexity index is 902. The minimum absolute atomic E-state index is 0.182. The van der Waals surface area contributed by atoms with Gasteiger partial charge in [0, 0.05) is 10.9 Å². The Morgan fingerprint density at radius 2 is 1.75 bits per heavy atom. The molecule has 4 nitrogen and oxygen atoms in total. The van der Waals surface area contributed by atoms with Gasteiger partial charge in [-0.05, 0) is 24.1 Å². The van der Waals surface area contributed by atoms with Crippen LogP contribution in [0.5, 0.6) is 0 Å². The number of benzene rings is 2. The van der Waals surface area contributed by atoms with E-state index in [-0.39, 0.29) is 11.4 Å². The molecule has 3 rings (SSSR count). The molecule has 0 amide bonds. The molecule has 0 atom stereocenters. The van der Waals surface area contributed by atoms with E-state index in [0.29, 0.717) is 5.69 Å². The predicted molar refractivity (Wildman–Crippen MR) is 97.4 cm³/mol. The highest BCUT2D eigenvalue weighted by atomic mass is 32.2. The molecule has 124 valence electrons. The van der Waals surface area contributed by atoms with E-state index in [1.54, 1.807) is 12.1 Å². The van der Waals surface area contributed by atoms with Crippen molar-refractivity contribution >= 4 is 21.4 Å². The second kappa shape index (κ2) is 7.25. The molecule has 0 bridgehead atoms. The molecular formula is C18H18N2O2S2. The highest BCUT2D eigenvalue weighted by Gasteiger charge is 2.14. The number of nitrogens with one attached hydrogen (secondary N) is 1. The molecule has 1 N–H and O–H groups in total. The van der Waals surface area contributed by atoms with Crippen LogP contribution in [0.15, 0.2) is 64.9 Å². The monoisotopic (exact) mass is 358 g/mol. The fraction of sp³-hybridized carbons (Fsp3) is 0.167. The Morgan fingerprint density at radius 1 is 1.04 bits per heavy atom. The van der Waals surface area contributed by atoms with Crippen LogP contribution in [0.4, 0.5) is 0 Å². The van der Waals surface area contributed by atoms with Crippen LogP contribution in [0.3, 0.4) is 0 Å². The quantitative estimate of drug-likeness (QED) is 0.728. The SMILES string of the molecule is CCc1ccc(S(=O)(=O)NCc2csc(-c3ccccc3)n2)cc1. The Kier molecular flexibility index (Phi) is 5.08. The third kappa shape index (κ3) is 3.90. The van der Waals surface area contributed by atoms with Gasteiger partial charge in [-0.2, -0.15) is 0 Å². The number of nitrogens with zero attached hydrogens (tertiary/aromatic N) is 1. The van der Waals surface area contributed by atoms with Crippen LogP contribution >= 0.6 is 11.3 Å². The topological polar surface area (TPSA) is 59.1 Å². The van der Waals surface area contributed by atoms with Crippen LogP contribution < -0.4 is 4.72 Å².